The Labute approximate surface area is 152 Å². The molecule has 3 rings (SSSR count). The van der Waals surface area contributed by atoms with Crippen LogP contribution in [0.3, 0.4) is 0 Å². The van der Waals surface area contributed by atoms with Crippen molar-refractivity contribution >= 4 is 33.0 Å². The van der Waals surface area contributed by atoms with Crippen LogP contribution in [0.1, 0.15) is 16.8 Å². The van der Waals surface area contributed by atoms with Crippen molar-refractivity contribution in [3.8, 4) is 0 Å². The van der Waals surface area contributed by atoms with Crippen LogP contribution in [0.25, 0.3) is 0 Å². The third-order valence-electron chi connectivity index (χ3n) is 4.12. The van der Waals surface area contributed by atoms with Gasteiger partial charge in [-0.15, -0.1) is 0 Å². The van der Waals surface area contributed by atoms with Gasteiger partial charge in [0.2, 0.25) is 0 Å². The fraction of sp³-hybridized carbons (Fsp3) is 0.278. The van der Waals surface area contributed by atoms with Gasteiger partial charge in [0, 0.05) is 18.6 Å². The summed E-state index contributed by atoms with van der Waals surface area (Å²) in [7, 11) is -3.44. The third-order valence-corrected chi connectivity index (χ3v) is 5.56. The number of amides is 1. The van der Waals surface area contributed by atoms with Gasteiger partial charge in [0.25, 0.3) is 5.91 Å². The maximum atomic E-state index is 13.2. The standard InChI is InChI=1S/C18H18ClNO4S/c1-25(22,23)15-7-8-17(19)16(11-15)18(21)20(14-9-10-24-12-14)13-5-3-2-4-6-13/h2-8,11,14H,9-10,12H2,1H3. The number of hydrogen-bond donors (Lipinski definition) is 0. The smallest absolute Gasteiger partial charge is 0.260 e. The maximum Gasteiger partial charge on any atom is 0.260 e. The van der Waals surface area contributed by atoms with E-state index in [-0.39, 0.29) is 27.4 Å². The predicted molar refractivity (Wildman–Crippen MR) is 97.0 cm³/mol. The number of hydrogen-bond acceptors (Lipinski definition) is 4. The molecule has 25 heavy (non-hydrogen) atoms. The SMILES string of the molecule is CS(=O)(=O)c1ccc(Cl)c(C(=O)N(c2ccccc2)C2CCOC2)c1. The highest BCUT2D eigenvalue weighted by molar-refractivity contribution is 7.90. The van der Waals surface area contributed by atoms with Crippen LogP contribution in [-0.2, 0) is 14.6 Å². The first-order valence-electron chi connectivity index (χ1n) is 7.84. The fourth-order valence-electron chi connectivity index (χ4n) is 2.84. The zero-order valence-corrected chi connectivity index (χ0v) is 15.3. The zero-order valence-electron chi connectivity index (χ0n) is 13.7. The number of benzene rings is 2. The molecule has 5 nitrogen and oxygen atoms in total. The van der Waals surface area contributed by atoms with Crippen LogP contribution in [0.2, 0.25) is 5.02 Å². The van der Waals surface area contributed by atoms with Crippen molar-refractivity contribution in [3.63, 3.8) is 0 Å². The minimum absolute atomic E-state index is 0.0657. The number of anilines is 1. The topological polar surface area (TPSA) is 63.7 Å². The van der Waals surface area contributed by atoms with Gasteiger partial charge in [0.15, 0.2) is 9.84 Å². The van der Waals surface area contributed by atoms with Gasteiger partial charge >= 0.3 is 0 Å². The summed E-state index contributed by atoms with van der Waals surface area (Å²) in [6.07, 6.45) is 1.81. The van der Waals surface area contributed by atoms with Crippen molar-refractivity contribution in [2.75, 3.05) is 24.4 Å². The van der Waals surface area contributed by atoms with E-state index < -0.39 is 9.84 Å². The number of rotatable bonds is 4. The first kappa shape index (κ1) is 17.9. The summed E-state index contributed by atoms with van der Waals surface area (Å²) >= 11 is 6.21. The van der Waals surface area contributed by atoms with Crippen LogP contribution < -0.4 is 4.90 Å². The highest BCUT2D eigenvalue weighted by Crippen LogP contribution is 2.28. The van der Waals surface area contributed by atoms with E-state index >= 15 is 0 Å². The van der Waals surface area contributed by atoms with Crippen LogP contribution in [0, 0.1) is 0 Å². The van der Waals surface area contributed by atoms with E-state index in [1.54, 1.807) is 4.90 Å². The molecule has 0 bridgehead atoms. The Morgan fingerprint density at radius 1 is 1.20 bits per heavy atom. The first-order chi connectivity index (χ1) is 11.9. The lowest BCUT2D eigenvalue weighted by Crippen LogP contribution is -2.41. The Morgan fingerprint density at radius 3 is 2.52 bits per heavy atom. The average molecular weight is 380 g/mol. The average Bonchev–Trinajstić information content (AvgIpc) is 3.09. The summed E-state index contributed by atoms with van der Waals surface area (Å²) in [6, 6.07) is 13.3. The molecule has 0 aromatic heterocycles. The molecule has 1 unspecified atom stereocenters. The summed E-state index contributed by atoms with van der Waals surface area (Å²) in [6.45, 7) is 1.02. The molecular formula is C18H18ClNO4S. The molecule has 132 valence electrons. The van der Waals surface area contributed by atoms with E-state index in [0.717, 1.165) is 11.9 Å². The Balaban J connectivity index is 2.06. The summed E-state index contributed by atoms with van der Waals surface area (Å²) in [5.74, 6) is -0.336. The van der Waals surface area contributed by atoms with Gasteiger partial charge < -0.3 is 9.64 Å². The molecule has 0 N–H and O–H groups in total. The normalized spacial score (nSPS) is 17.4. The maximum absolute atomic E-state index is 13.2. The Bertz CT molecular complexity index is 877. The molecule has 1 heterocycles. The Morgan fingerprint density at radius 2 is 1.92 bits per heavy atom. The Kier molecular flexibility index (Phi) is 5.13. The molecule has 1 saturated heterocycles. The van der Waals surface area contributed by atoms with E-state index in [4.69, 9.17) is 16.3 Å². The minimum Gasteiger partial charge on any atom is -0.379 e. The lowest BCUT2D eigenvalue weighted by molar-refractivity contribution is 0.0971. The van der Waals surface area contributed by atoms with Crippen molar-refractivity contribution in [1.29, 1.82) is 0 Å². The van der Waals surface area contributed by atoms with E-state index in [1.807, 2.05) is 30.3 Å². The molecule has 0 aliphatic carbocycles. The number of ether oxygens (including phenoxy) is 1. The zero-order chi connectivity index (χ0) is 18.0. The number of para-hydroxylation sites is 1. The van der Waals surface area contributed by atoms with Gasteiger partial charge in [-0.2, -0.15) is 0 Å². The number of carbonyl (C=O) groups is 1. The second kappa shape index (κ2) is 7.15. The molecule has 1 fully saturated rings. The molecule has 0 spiro atoms. The van der Waals surface area contributed by atoms with E-state index in [2.05, 4.69) is 0 Å². The number of sulfone groups is 1. The largest absolute Gasteiger partial charge is 0.379 e. The van der Waals surface area contributed by atoms with Crippen LogP contribution >= 0.6 is 11.6 Å². The molecule has 2 aromatic rings. The first-order valence-corrected chi connectivity index (χ1v) is 10.1. The molecule has 1 amide bonds. The molecule has 2 aromatic carbocycles. The van der Waals surface area contributed by atoms with Gasteiger partial charge in [-0.25, -0.2) is 8.42 Å². The fourth-order valence-corrected chi connectivity index (χ4v) is 3.68. The van der Waals surface area contributed by atoms with Crippen molar-refractivity contribution in [3.05, 3.63) is 59.1 Å². The minimum atomic E-state index is -3.44. The second-order valence-electron chi connectivity index (χ2n) is 5.94. The number of nitrogens with zero attached hydrogens (tertiary/aromatic N) is 1. The highest BCUT2D eigenvalue weighted by atomic mass is 35.5. The molecule has 7 heteroatoms. The van der Waals surface area contributed by atoms with Gasteiger partial charge in [-0.05, 0) is 36.8 Å². The number of carbonyl (C=O) groups excluding carboxylic acids is 1. The quantitative estimate of drug-likeness (QED) is 0.818. The van der Waals surface area contributed by atoms with Crippen LogP contribution in [0.4, 0.5) is 5.69 Å². The lowest BCUT2D eigenvalue weighted by Gasteiger charge is -2.28. The van der Waals surface area contributed by atoms with Crippen LogP contribution in [-0.4, -0.2) is 39.8 Å². The predicted octanol–water partition coefficient (Wildman–Crippen LogP) is 3.18. The van der Waals surface area contributed by atoms with E-state index in [1.165, 1.54) is 18.2 Å². The molecule has 0 radical (unpaired) electrons. The second-order valence-corrected chi connectivity index (χ2v) is 8.36. The van der Waals surface area contributed by atoms with Crippen molar-refractivity contribution in [1.82, 2.24) is 0 Å². The van der Waals surface area contributed by atoms with Crippen LogP contribution in [0.5, 0.6) is 0 Å². The van der Waals surface area contributed by atoms with E-state index in [9.17, 15) is 13.2 Å². The van der Waals surface area contributed by atoms with Crippen LogP contribution in [0.15, 0.2) is 53.4 Å². The monoisotopic (exact) mass is 379 g/mol. The van der Waals surface area contributed by atoms with Gasteiger partial charge in [0.1, 0.15) is 0 Å². The van der Waals surface area contributed by atoms with Gasteiger partial charge in [0.05, 0.1) is 28.1 Å². The highest BCUT2D eigenvalue weighted by Gasteiger charge is 2.31. The molecule has 1 aliphatic rings. The van der Waals surface area contributed by atoms with Crippen molar-refractivity contribution in [2.45, 2.75) is 17.4 Å². The van der Waals surface area contributed by atoms with Gasteiger partial charge in [-0.1, -0.05) is 29.8 Å². The molecule has 1 atom stereocenters. The van der Waals surface area contributed by atoms with Crippen molar-refractivity contribution in [2.24, 2.45) is 0 Å². The summed E-state index contributed by atoms with van der Waals surface area (Å²) in [5.41, 5.74) is 0.893. The Hall–Kier alpha value is -1.89. The lowest BCUT2D eigenvalue weighted by atomic mass is 10.1. The summed E-state index contributed by atoms with van der Waals surface area (Å²) in [5, 5.41) is 0.220. The van der Waals surface area contributed by atoms with E-state index in [0.29, 0.717) is 19.6 Å². The summed E-state index contributed by atoms with van der Waals surface area (Å²) in [4.78, 5) is 14.9. The molecule has 1 aliphatic heterocycles. The molecule has 0 saturated carbocycles. The molecular weight excluding hydrogens is 362 g/mol. The van der Waals surface area contributed by atoms with Crippen molar-refractivity contribution < 1.29 is 17.9 Å². The van der Waals surface area contributed by atoms with Gasteiger partial charge in [-0.3, -0.25) is 4.79 Å². The number of halogens is 1. The summed E-state index contributed by atoms with van der Waals surface area (Å²) < 4.78 is 29.1. The third kappa shape index (κ3) is 3.86.